The van der Waals surface area contributed by atoms with Crippen LogP contribution in [0.3, 0.4) is 0 Å². The van der Waals surface area contributed by atoms with Crippen LogP contribution < -0.4 is 10.5 Å². The van der Waals surface area contributed by atoms with Gasteiger partial charge in [-0.2, -0.15) is 0 Å². The van der Waals surface area contributed by atoms with E-state index in [0.29, 0.717) is 11.6 Å². The van der Waals surface area contributed by atoms with Crippen molar-refractivity contribution >= 4 is 5.69 Å². The van der Waals surface area contributed by atoms with Crippen molar-refractivity contribution in [3.05, 3.63) is 18.3 Å². The summed E-state index contributed by atoms with van der Waals surface area (Å²) in [5.41, 5.74) is 6.31. The number of rotatable bonds is 7. The van der Waals surface area contributed by atoms with Gasteiger partial charge in [0.1, 0.15) is 0 Å². The third-order valence-electron chi connectivity index (χ3n) is 2.26. The Labute approximate surface area is 91.7 Å². The van der Waals surface area contributed by atoms with Crippen LogP contribution in [0.2, 0.25) is 0 Å². The Morgan fingerprint density at radius 1 is 1.27 bits per heavy atom. The van der Waals surface area contributed by atoms with Crippen LogP contribution in [-0.2, 0) is 0 Å². The number of unbranched alkanes of at least 4 members (excludes halogenated alkanes) is 4. The van der Waals surface area contributed by atoms with Gasteiger partial charge < -0.3 is 10.5 Å². The summed E-state index contributed by atoms with van der Waals surface area (Å²) in [7, 11) is 0. The summed E-state index contributed by atoms with van der Waals surface area (Å²) in [6.07, 6.45) is 7.88. The van der Waals surface area contributed by atoms with E-state index in [1.165, 1.54) is 25.7 Å². The third kappa shape index (κ3) is 5.25. The van der Waals surface area contributed by atoms with Crippen LogP contribution in [0.25, 0.3) is 0 Å². The molecule has 0 spiro atoms. The molecule has 0 radical (unpaired) electrons. The van der Waals surface area contributed by atoms with Crippen LogP contribution in [-0.4, -0.2) is 11.6 Å². The van der Waals surface area contributed by atoms with Gasteiger partial charge >= 0.3 is 0 Å². The molecule has 3 nitrogen and oxygen atoms in total. The smallest absolute Gasteiger partial charge is 0.215 e. The van der Waals surface area contributed by atoms with Gasteiger partial charge in [-0.1, -0.05) is 32.6 Å². The number of ether oxygens (including phenoxy) is 1. The fourth-order valence-electron chi connectivity index (χ4n) is 1.39. The zero-order valence-electron chi connectivity index (χ0n) is 9.41. The van der Waals surface area contributed by atoms with Crippen LogP contribution in [0, 0.1) is 0 Å². The maximum absolute atomic E-state index is 5.61. The van der Waals surface area contributed by atoms with Crippen LogP contribution >= 0.6 is 0 Å². The molecular formula is C12H20N2O. The number of anilines is 1. The Morgan fingerprint density at radius 3 is 2.80 bits per heavy atom. The summed E-state index contributed by atoms with van der Waals surface area (Å²) in [5.74, 6) is 0.630. The highest BCUT2D eigenvalue weighted by molar-refractivity contribution is 5.39. The number of pyridine rings is 1. The highest BCUT2D eigenvalue weighted by atomic mass is 16.5. The van der Waals surface area contributed by atoms with Gasteiger partial charge in [-0.05, 0) is 12.5 Å². The average molecular weight is 208 g/mol. The van der Waals surface area contributed by atoms with Gasteiger partial charge in [0, 0.05) is 18.0 Å². The molecule has 1 heterocycles. The van der Waals surface area contributed by atoms with Gasteiger partial charge in [0.15, 0.2) is 0 Å². The van der Waals surface area contributed by atoms with Crippen molar-refractivity contribution in [1.29, 1.82) is 0 Å². The number of hydrogen-bond acceptors (Lipinski definition) is 3. The lowest BCUT2D eigenvalue weighted by atomic mass is 10.2. The molecule has 0 atom stereocenters. The van der Waals surface area contributed by atoms with Crippen molar-refractivity contribution in [3.8, 4) is 5.88 Å². The predicted molar refractivity (Wildman–Crippen MR) is 62.9 cm³/mol. The zero-order valence-corrected chi connectivity index (χ0v) is 9.41. The van der Waals surface area contributed by atoms with Gasteiger partial charge in [-0.3, -0.25) is 0 Å². The molecular weight excluding hydrogens is 188 g/mol. The normalized spacial score (nSPS) is 10.2. The van der Waals surface area contributed by atoms with Gasteiger partial charge in [0.25, 0.3) is 0 Å². The number of nitrogens with zero attached hydrogens (tertiary/aromatic N) is 1. The highest BCUT2D eigenvalue weighted by Gasteiger charge is 1.95. The summed E-state index contributed by atoms with van der Waals surface area (Å²) in [6.45, 7) is 2.95. The van der Waals surface area contributed by atoms with Gasteiger partial charge in [-0.25, -0.2) is 4.98 Å². The molecule has 0 saturated carbocycles. The molecule has 0 aliphatic carbocycles. The van der Waals surface area contributed by atoms with Crippen LogP contribution in [0.1, 0.15) is 39.0 Å². The lowest BCUT2D eigenvalue weighted by molar-refractivity contribution is 0.293. The maximum Gasteiger partial charge on any atom is 0.215 e. The van der Waals surface area contributed by atoms with Crippen molar-refractivity contribution in [2.75, 3.05) is 12.3 Å². The first-order valence-electron chi connectivity index (χ1n) is 5.67. The van der Waals surface area contributed by atoms with Gasteiger partial charge in [0.05, 0.1) is 6.61 Å². The molecule has 15 heavy (non-hydrogen) atoms. The Kier molecular flexibility index (Phi) is 5.59. The molecule has 0 fully saturated rings. The molecule has 0 bridgehead atoms. The average Bonchev–Trinajstić information content (AvgIpc) is 2.23. The molecule has 0 saturated heterocycles. The Hall–Kier alpha value is -1.25. The number of nitrogen functional groups attached to an aromatic ring is 1. The quantitative estimate of drug-likeness (QED) is 0.701. The molecule has 3 heteroatoms. The second-order valence-corrected chi connectivity index (χ2v) is 3.69. The maximum atomic E-state index is 5.61. The van der Waals surface area contributed by atoms with Crippen molar-refractivity contribution in [3.63, 3.8) is 0 Å². The van der Waals surface area contributed by atoms with Crippen molar-refractivity contribution in [2.45, 2.75) is 39.0 Å². The minimum absolute atomic E-state index is 0.630. The van der Waals surface area contributed by atoms with Gasteiger partial charge in [0.2, 0.25) is 5.88 Å². The lowest BCUT2D eigenvalue weighted by Gasteiger charge is -2.05. The molecule has 1 aromatic heterocycles. The molecule has 0 aromatic carbocycles. The van der Waals surface area contributed by atoms with E-state index in [1.807, 2.05) is 0 Å². The number of aromatic nitrogens is 1. The summed E-state index contributed by atoms with van der Waals surface area (Å²) in [6, 6.07) is 3.51. The second-order valence-electron chi connectivity index (χ2n) is 3.69. The highest BCUT2D eigenvalue weighted by Crippen LogP contribution is 2.11. The standard InChI is InChI=1S/C12H20N2O/c1-2-3-4-5-6-9-15-12-10-11(13)7-8-14-12/h7-8,10H,2-6,9H2,1H3,(H2,13,14). The monoisotopic (exact) mass is 208 g/mol. The Bertz CT molecular complexity index is 276. The first-order valence-corrected chi connectivity index (χ1v) is 5.67. The fourth-order valence-corrected chi connectivity index (χ4v) is 1.39. The largest absolute Gasteiger partial charge is 0.478 e. The molecule has 0 unspecified atom stereocenters. The number of nitrogens with two attached hydrogens (primary N) is 1. The van der Waals surface area contributed by atoms with E-state index in [9.17, 15) is 0 Å². The molecule has 0 aliphatic heterocycles. The minimum Gasteiger partial charge on any atom is -0.478 e. The second kappa shape index (κ2) is 7.10. The summed E-state index contributed by atoms with van der Waals surface area (Å²) < 4.78 is 5.48. The van der Waals surface area contributed by atoms with E-state index >= 15 is 0 Å². The van der Waals surface area contributed by atoms with Crippen LogP contribution in [0.4, 0.5) is 5.69 Å². The molecule has 2 N–H and O–H groups in total. The van der Waals surface area contributed by atoms with Crippen molar-refractivity contribution in [2.24, 2.45) is 0 Å². The first kappa shape index (κ1) is 11.8. The minimum atomic E-state index is 0.630. The topological polar surface area (TPSA) is 48.1 Å². The molecule has 1 rings (SSSR count). The van der Waals surface area contributed by atoms with Crippen molar-refractivity contribution < 1.29 is 4.74 Å². The lowest BCUT2D eigenvalue weighted by Crippen LogP contribution is -1.99. The number of hydrogen-bond donors (Lipinski definition) is 1. The molecule has 84 valence electrons. The molecule has 0 aliphatic rings. The van der Waals surface area contributed by atoms with Gasteiger partial charge in [-0.15, -0.1) is 0 Å². The SMILES string of the molecule is CCCCCCCOc1cc(N)ccn1. The summed E-state index contributed by atoms with van der Waals surface area (Å²) in [4.78, 5) is 4.07. The molecule has 1 aromatic rings. The fraction of sp³-hybridized carbons (Fsp3) is 0.583. The zero-order chi connectivity index (χ0) is 10.9. The van der Waals surface area contributed by atoms with E-state index < -0.39 is 0 Å². The Morgan fingerprint density at radius 2 is 2.07 bits per heavy atom. The van der Waals surface area contributed by atoms with E-state index in [2.05, 4.69) is 11.9 Å². The third-order valence-corrected chi connectivity index (χ3v) is 2.26. The van der Waals surface area contributed by atoms with E-state index in [1.54, 1.807) is 18.3 Å². The van der Waals surface area contributed by atoms with E-state index in [-0.39, 0.29) is 0 Å². The summed E-state index contributed by atoms with van der Waals surface area (Å²) in [5, 5.41) is 0. The Balaban J connectivity index is 2.10. The van der Waals surface area contributed by atoms with Crippen molar-refractivity contribution in [1.82, 2.24) is 4.98 Å². The predicted octanol–water partition coefficient (Wildman–Crippen LogP) is 3.01. The van der Waals surface area contributed by atoms with Crippen LogP contribution in [0.15, 0.2) is 18.3 Å². The first-order chi connectivity index (χ1) is 7.33. The van der Waals surface area contributed by atoms with Crippen LogP contribution in [0.5, 0.6) is 5.88 Å². The summed E-state index contributed by atoms with van der Waals surface area (Å²) >= 11 is 0. The van der Waals surface area contributed by atoms with E-state index in [0.717, 1.165) is 13.0 Å². The molecule has 0 amide bonds. The van der Waals surface area contributed by atoms with E-state index in [4.69, 9.17) is 10.5 Å².